The van der Waals surface area contributed by atoms with Crippen LogP contribution >= 0.6 is 0 Å². The summed E-state index contributed by atoms with van der Waals surface area (Å²) in [6.07, 6.45) is 10.5. The number of benzene rings is 1. The minimum Gasteiger partial charge on any atom is -0.493 e. The van der Waals surface area contributed by atoms with E-state index in [-0.39, 0.29) is 41.6 Å². The number of nitrogens with two attached hydrogens (primary N) is 1. The molecule has 2 aromatic heterocycles. The number of hydrogen-bond donors (Lipinski definition) is 2. The number of ether oxygens (including phenoxy) is 2. The third kappa shape index (κ3) is 9.01. The quantitative estimate of drug-likeness (QED) is 0.201. The van der Waals surface area contributed by atoms with Crippen molar-refractivity contribution in [2.45, 2.75) is 83.4 Å². The second-order valence-corrected chi connectivity index (χ2v) is 15.3. The van der Waals surface area contributed by atoms with E-state index in [2.05, 4.69) is 10.3 Å². The van der Waals surface area contributed by atoms with Crippen molar-refractivity contribution in [2.75, 3.05) is 37.0 Å². The fraction of sp³-hybridized carbons (Fsp3) is 0.588. The van der Waals surface area contributed by atoms with Crippen molar-refractivity contribution in [1.29, 1.82) is 0 Å². The number of nitrogens with zero attached hydrogens (tertiary/aromatic N) is 4. The molecule has 3 N–H and O–H groups in total. The average molecular weight is 669 g/mol. The summed E-state index contributed by atoms with van der Waals surface area (Å²) in [6, 6.07) is 9.16. The van der Waals surface area contributed by atoms with Gasteiger partial charge in [-0.3, -0.25) is 9.59 Å². The molecule has 2 aliphatic rings. The van der Waals surface area contributed by atoms with Crippen LogP contribution in [-0.4, -0.2) is 89.6 Å². The summed E-state index contributed by atoms with van der Waals surface area (Å²) < 4.78 is 36.4. The summed E-state index contributed by atoms with van der Waals surface area (Å²) >= 11 is 0. The van der Waals surface area contributed by atoms with E-state index in [9.17, 15) is 18.0 Å². The van der Waals surface area contributed by atoms with Gasteiger partial charge in [0.1, 0.15) is 33.6 Å². The Morgan fingerprint density at radius 2 is 1.83 bits per heavy atom. The fourth-order valence-electron chi connectivity index (χ4n) is 6.37. The van der Waals surface area contributed by atoms with Crippen molar-refractivity contribution in [3.63, 3.8) is 0 Å². The van der Waals surface area contributed by atoms with Gasteiger partial charge in [-0.1, -0.05) is 26.3 Å². The third-order valence-corrected chi connectivity index (χ3v) is 10.5. The standard InChI is InChI=1S/C34H48N6O6S/c1-4-23(2)31(35)33(42)46-26-14-18-39(19-15-26)32(41)24-9-11-25(12-10-24)37-34-36-17-13-30(38-34)40-20-16-27-28(40)7-5-8-29(27)45-21-6-22-47(3,43)44/h5,7-8,13,16-17,20,23-26,31H,4,6,9-12,14-15,18-19,21-22,35H2,1-3H3,(H,36,37,38)/t23-,24-,25-,31-/m0/s1. The Morgan fingerprint density at radius 3 is 2.53 bits per heavy atom. The zero-order valence-electron chi connectivity index (χ0n) is 27.6. The van der Waals surface area contributed by atoms with E-state index >= 15 is 0 Å². The zero-order valence-corrected chi connectivity index (χ0v) is 28.5. The summed E-state index contributed by atoms with van der Waals surface area (Å²) in [5.41, 5.74) is 6.95. The van der Waals surface area contributed by atoms with E-state index < -0.39 is 15.9 Å². The molecule has 1 aliphatic heterocycles. The Morgan fingerprint density at radius 1 is 1.09 bits per heavy atom. The predicted octanol–water partition coefficient (Wildman–Crippen LogP) is 4.11. The first-order valence-corrected chi connectivity index (χ1v) is 18.8. The molecule has 47 heavy (non-hydrogen) atoms. The Kier molecular flexibility index (Phi) is 11.4. The zero-order chi connectivity index (χ0) is 33.6. The van der Waals surface area contributed by atoms with Crippen LogP contribution < -0.4 is 15.8 Å². The van der Waals surface area contributed by atoms with Crippen LogP contribution in [0.15, 0.2) is 42.7 Å². The van der Waals surface area contributed by atoms with Gasteiger partial charge >= 0.3 is 5.97 Å². The number of nitrogens with one attached hydrogen (secondary N) is 1. The van der Waals surface area contributed by atoms with Crippen LogP contribution in [0.5, 0.6) is 5.75 Å². The van der Waals surface area contributed by atoms with Crippen molar-refractivity contribution in [1.82, 2.24) is 19.4 Å². The number of carbonyl (C=O) groups is 2. The lowest BCUT2D eigenvalue weighted by atomic mass is 9.85. The molecule has 1 amide bonds. The molecule has 1 saturated carbocycles. The highest BCUT2D eigenvalue weighted by atomic mass is 32.2. The lowest BCUT2D eigenvalue weighted by molar-refractivity contribution is -0.155. The van der Waals surface area contributed by atoms with E-state index in [1.165, 1.54) is 6.26 Å². The molecule has 1 aliphatic carbocycles. The van der Waals surface area contributed by atoms with Crippen LogP contribution in [0, 0.1) is 11.8 Å². The highest BCUT2D eigenvalue weighted by Gasteiger charge is 2.33. The van der Waals surface area contributed by atoms with Crippen LogP contribution in [0.4, 0.5) is 5.95 Å². The van der Waals surface area contributed by atoms with Gasteiger partial charge in [0.25, 0.3) is 0 Å². The molecule has 2 fully saturated rings. The summed E-state index contributed by atoms with van der Waals surface area (Å²) in [5.74, 6) is 1.96. The number of carbonyl (C=O) groups excluding carboxylic acids is 2. The molecule has 5 rings (SSSR count). The van der Waals surface area contributed by atoms with Crippen LogP contribution in [0.2, 0.25) is 0 Å². The maximum atomic E-state index is 13.3. The number of esters is 1. The van der Waals surface area contributed by atoms with Gasteiger partial charge in [-0.05, 0) is 62.3 Å². The number of likely N-dealkylation sites (tertiary alicyclic amines) is 1. The van der Waals surface area contributed by atoms with Crippen molar-refractivity contribution in [3.05, 3.63) is 42.7 Å². The summed E-state index contributed by atoms with van der Waals surface area (Å²) in [5, 5.41) is 4.40. The first-order chi connectivity index (χ1) is 22.5. The number of hydrogen-bond acceptors (Lipinski definition) is 10. The second kappa shape index (κ2) is 15.5. The Labute approximate surface area is 277 Å². The SMILES string of the molecule is CC[C@H](C)[C@H](N)C(=O)OC1CCN(C(=O)[C@H]2CC[C@H](Nc3nccc(-n4ccc5c(OCCCS(C)(=O)=O)cccc54)n3)CC2)CC1. The number of piperidine rings is 1. The molecule has 12 nitrogen and oxygen atoms in total. The number of sulfone groups is 1. The smallest absolute Gasteiger partial charge is 0.323 e. The first kappa shape index (κ1) is 34.6. The van der Waals surface area contributed by atoms with Gasteiger partial charge in [0.15, 0.2) is 0 Å². The van der Waals surface area contributed by atoms with E-state index in [1.54, 1.807) is 6.20 Å². The van der Waals surface area contributed by atoms with Gasteiger partial charge in [-0.25, -0.2) is 13.4 Å². The van der Waals surface area contributed by atoms with Gasteiger partial charge < -0.3 is 30.0 Å². The van der Waals surface area contributed by atoms with Crippen molar-refractivity contribution in [2.24, 2.45) is 17.6 Å². The van der Waals surface area contributed by atoms with Crippen LogP contribution in [-0.2, 0) is 24.2 Å². The number of rotatable bonds is 13. The van der Waals surface area contributed by atoms with Gasteiger partial charge in [-0.15, -0.1) is 0 Å². The van der Waals surface area contributed by atoms with E-state index in [1.807, 2.05) is 59.8 Å². The normalized spacial score (nSPS) is 20.5. The fourth-order valence-corrected chi connectivity index (χ4v) is 7.01. The molecule has 13 heteroatoms. The summed E-state index contributed by atoms with van der Waals surface area (Å²) in [4.78, 5) is 36.9. The highest BCUT2D eigenvalue weighted by molar-refractivity contribution is 7.90. The number of aromatic nitrogens is 3. The van der Waals surface area contributed by atoms with Crippen LogP contribution in [0.25, 0.3) is 16.7 Å². The molecule has 1 saturated heterocycles. The van der Waals surface area contributed by atoms with E-state index in [0.29, 0.717) is 56.5 Å². The minimum atomic E-state index is -3.03. The largest absolute Gasteiger partial charge is 0.493 e. The minimum absolute atomic E-state index is 0.00717. The van der Waals surface area contributed by atoms with Gasteiger partial charge in [0.05, 0.1) is 17.9 Å². The van der Waals surface area contributed by atoms with Gasteiger partial charge in [-0.2, -0.15) is 4.98 Å². The molecular weight excluding hydrogens is 620 g/mol. The summed E-state index contributed by atoms with van der Waals surface area (Å²) in [6.45, 7) is 5.47. The maximum Gasteiger partial charge on any atom is 0.323 e. The topological polar surface area (TPSA) is 159 Å². The van der Waals surface area contributed by atoms with Crippen molar-refractivity contribution in [3.8, 4) is 11.6 Å². The molecule has 256 valence electrons. The molecule has 1 aromatic carbocycles. The number of anilines is 1. The molecule has 2 atom stereocenters. The lowest BCUT2D eigenvalue weighted by Crippen LogP contribution is -2.46. The molecule has 0 unspecified atom stereocenters. The Hall–Kier alpha value is -3.71. The monoisotopic (exact) mass is 668 g/mol. The first-order valence-electron chi connectivity index (χ1n) is 16.8. The Bertz CT molecular complexity index is 1630. The van der Waals surface area contributed by atoms with Crippen molar-refractivity contribution < 1.29 is 27.5 Å². The molecule has 3 aromatic rings. The molecular formula is C34H48N6O6S. The van der Waals surface area contributed by atoms with Gasteiger partial charge in [0.2, 0.25) is 11.9 Å². The lowest BCUT2D eigenvalue weighted by Gasteiger charge is -2.36. The van der Waals surface area contributed by atoms with Gasteiger partial charge in [0, 0.05) is 61.9 Å². The average Bonchev–Trinajstić information content (AvgIpc) is 3.51. The number of fused-ring (bicyclic) bond motifs is 1. The second-order valence-electron chi connectivity index (χ2n) is 13.0. The van der Waals surface area contributed by atoms with Crippen molar-refractivity contribution >= 4 is 38.6 Å². The molecule has 0 spiro atoms. The molecule has 3 heterocycles. The van der Waals surface area contributed by atoms with Crippen LogP contribution in [0.1, 0.15) is 65.2 Å². The maximum absolute atomic E-state index is 13.3. The molecule has 0 radical (unpaired) electrons. The number of amides is 1. The molecule has 0 bridgehead atoms. The van der Waals surface area contributed by atoms with Crippen LogP contribution in [0.3, 0.4) is 0 Å². The highest BCUT2D eigenvalue weighted by Crippen LogP contribution is 2.31. The van der Waals surface area contributed by atoms with E-state index in [0.717, 1.165) is 43.0 Å². The third-order valence-electron chi connectivity index (χ3n) is 9.47. The van der Waals surface area contributed by atoms with E-state index in [4.69, 9.17) is 20.2 Å². The summed E-state index contributed by atoms with van der Waals surface area (Å²) in [7, 11) is -3.03. The Balaban J connectivity index is 1.10. The predicted molar refractivity (Wildman–Crippen MR) is 181 cm³/mol.